The van der Waals surface area contributed by atoms with Gasteiger partial charge in [0, 0.05) is 0 Å². The van der Waals surface area contributed by atoms with Gasteiger partial charge in [-0.25, -0.2) is 4.68 Å². The van der Waals surface area contributed by atoms with Gasteiger partial charge in [-0.1, -0.05) is 0 Å². The van der Waals surface area contributed by atoms with E-state index in [0.29, 0.717) is 5.75 Å². The first-order valence-corrected chi connectivity index (χ1v) is 3.99. The Bertz CT molecular complexity index is 357. The molecule has 0 radical (unpaired) electrons. The predicted molar refractivity (Wildman–Crippen MR) is 49.8 cm³/mol. The molecule has 5 heteroatoms. The molecule has 2 N–H and O–H groups in total. The van der Waals surface area contributed by atoms with E-state index >= 15 is 0 Å². The van der Waals surface area contributed by atoms with E-state index in [2.05, 4.69) is 5.10 Å². The van der Waals surface area contributed by atoms with E-state index < -0.39 is 0 Å². The molecule has 1 rings (SSSR count). The fraction of sp³-hybridized carbons (Fsp3) is 0.500. The highest BCUT2D eigenvalue weighted by molar-refractivity contribution is 5.48. The third-order valence-corrected chi connectivity index (χ3v) is 1.71. The summed E-state index contributed by atoms with van der Waals surface area (Å²) in [6, 6.07) is 0.000654. The van der Waals surface area contributed by atoms with E-state index in [9.17, 15) is 4.79 Å². The van der Waals surface area contributed by atoms with Gasteiger partial charge < -0.3 is 10.5 Å². The van der Waals surface area contributed by atoms with E-state index in [-0.39, 0.29) is 17.3 Å². The van der Waals surface area contributed by atoms with Crippen LogP contribution in [0.2, 0.25) is 0 Å². The summed E-state index contributed by atoms with van der Waals surface area (Å²) < 4.78 is 6.18. The Morgan fingerprint density at radius 1 is 1.62 bits per heavy atom. The van der Waals surface area contributed by atoms with Crippen molar-refractivity contribution in [1.82, 2.24) is 9.78 Å². The molecule has 1 heterocycles. The molecule has 0 bridgehead atoms. The highest BCUT2D eigenvalue weighted by Crippen LogP contribution is 2.14. The van der Waals surface area contributed by atoms with E-state index in [1.807, 2.05) is 13.8 Å². The maximum Gasteiger partial charge on any atom is 0.293 e. The standard InChI is InChI=1S/C8H13N3O2/c1-5(2)11-8(12)7(9)6(13-3)4-10-11/h4-5H,9H2,1-3H3. The third-order valence-electron chi connectivity index (χ3n) is 1.71. The number of aromatic nitrogens is 2. The van der Waals surface area contributed by atoms with Gasteiger partial charge in [-0.05, 0) is 13.8 Å². The summed E-state index contributed by atoms with van der Waals surface area (Å²) in [5.74, 6) is 0.321. The molecule has 0 aliphatic carbocycles. The molecule has 5 nitrogen and oxygen atoms in total. The van der Waals surface area contributed by atoms with Crippen LogP contribution in [-0.2, 0) is 0 Å². The number of nitrogens with two attached hydrogens (primary N) is 1. The van der Waals surface area contributed by atoms with Crippen molar-refractivity contribution >= 4 is 5.69 Å². The number of rotatable bonds is 2. The fourth-order valence-corrected chi connectivity index (χ4v) is 0.996. The molecule has 0 saturated heterocycles. The Hall–Kier alpha value is -1.52. The molecule has 0 aliphatic rings. The van der Waals surface area contributed by atoms with E-state index in [1.54, 1.807) is 0 Å². The van der Waals surface area contributed by atoms with Crippen molar-refractivity contribution in [3.63, 3.8) is 0 Å². The van der Waals surface area contributed by atoms with Gasteiger partial charge in [-0.2, -0.15) is 5.10 Å². The Labute approximate surface area is 76.1 Å². The van der Waals surface area contributed by atoms with Crippen LogP contribution < -0.4 is 16.0 Å². The maximum atomic E-state index is 11.5. The van der Waals surface area contributed by atoms with Crippen molar-refractivity contribution in [1.29, 1.82) is 0 Å². The predicted octanol–water partition coefficient (Wildman–Crippen LogP) is 0.415. The van der Waals surface area contributed by atoms with Crippen molar-refractivity contribution in [3.05, 3.63) is 16.6 Å². The molecule has 0 unspecified atom stereocenters. The van der Waals surface area contributed by atoms with Gasteiger partial charge in [0.2, 0.25) is 0 Å². The minimum atomic E-state index is -0.311. The SMILES string of the molecule is COc1cnn(C(C)C)c(=O)c1N. The minimum absolute atomic E-state index is 0.000654. The van der Waals surface area contributed by atoms with Crippen LogP contribution in [0.3, 0.4) is 0 Å². The van der Waals surface area contributed by atoms with Crippen LogP contribution in [0.4, 0.5) is 5.69 Å². The quantitative estimate of drug-likeness (QED) is 0.721. The molecule has 0 amide bonds. The first-order valence-electron chi connectivity index (χ1n) is 3.99. The molecule has 0 fully saturated rings. The second kappa shape index (κ2) is 3.47. The highest BCUT2D eigenvalue weighted by atomic mass is 16.5. The van der Waals surface area contributed by atoms with Gasteiger partial charge in [-0.15, -0.1) is 0 Å². The molecule has 0 aliphatic heterocycles. The normalized spacial score (nSPS) is 10.5. The molecule has 1 aromatic heterocycles. The number of hydrogen-bond donors (Lipinski definition) is 1. The number of nitrogens with zero attached hydrogens (tertiary/aromatic N) is 2. The van der Waals surface area contributed by atoms with Crippen LogP contribution in [0.5, 0.6) is 5.75 Å². The smallest absolute Gasteiger partial charge is 0.293 e. The highest BCUT2D eigenvalue weighted by Gasteiger charge is 2.09. The third kappa shape index (κ3) is 1.63. The number of nitrogen functional groups attached to an aromatic ring is 1. The summed E-state index contributed by atoms with van der Waals surface area (Å²) >= 11 is 0. The average molecular weight is 183 g/mol. The van der Waals surface area contributed by atoms with Gasteiger partial charge in [0.1, 0.15) is 5.69 Å². The maximum absolute atomic E-state index is 11.5. The lowest BCUT2D eigenvalue weighted by molar-refractivity contribution is 0.404. The number of anilines is 1. The minimum Gasteiger partial charge on any atom is -0.493 e. The molecule has 13 heavy (non-hydrogen) atoms. The van der Waals surface area contributed by atoms with Gasteiger partial charge in [0.15, 0.2) is 5.75 Å². The molecule has 72 valence electrons. The van der Waals surface area contributed by atoms with Gasteiger partial charge in [-0.3, -0.25) is 4.79 Å². The lowest BCUT2D eigenvalue weighted by Gasteiger charge is -2.10. The second-order valence-corrected chi connectivity index (χ2v) is 2.97. The lowest BCUT2D eigenvalue weighted by Crippen LogP contribution is -2.27. The van der Waals surface area contributed by atoms with Crippen LogP contribution in [0.25, 0.3) is 0 Å². The van der Waals surface area contributed by atoms with Crippen molar-refractivity contribution < 1.29 is 4.74 Å². The molecule has 0 aromatic carbocycles. The Morgan fingerprint density at radius 2 is 2.23 bits per heavy atom. The Morgan fingerprint density at radius 3 is 2.69 bits per heavy atom. The van der Waals surface area contributed by atoms with E-state index in [4.69, 9.17) is 10.5 Å². The van der Waals surface area contributed by atoms with Crippen molar-refractivity contribution in [2.45, 2.75) is 19.9 Å². The first kappa shape index (κ1) is 9.57. The van der Waals surface area contributed by atoms with Crippen molar-refractivity contribution in [3.8, 4) is 5.75 Å². The topological polar surface area (TPSA) is 70.1 Å². The van der Waals surface area contributed by atoms with E-state index in [0.717, 1.165) is 0 Å². The largest absolute Gasteiger partial charge is 0.493 e. The zero-order chi connectivity index (χ0) is 10.0. The van der Waals surface area contributed by atoms with Gasteiger partial charge in [0.05, 0.1) is 19.3 Å². The molecule has 0 saturated carbocycles. The number of methoxy groups -OCH3 is 1. The summed E-state index contributed by atoms with van der Waals surface area (Å²) in [6.45, 7) is 3.72. The van der Waals surface area contributed by atoms with Gasteiger partial charge >= 0.3 is 0 Å². The van der Waals surface area contributed by atoms with E-state index in [1.165, 1.54) is 18.0 Å². The second-order valence-electron chi connectivity index (χ2n) is 2.97. The molecule has 0 spiro atoms. The van der Waals surface area contributed by atoms with Gasteiger partial charge in [0.25, 0.3) is 5.56 Å². The van der Waals surface area contributed by atoms with Crippen LogP contribution in [0.15, 0.2) is 11.0 Å². The number of hydrogen-bond acceptors (Lipinski definition) is 4. The van der Waals surface area contributed by atoms with Crippen LogP contribution in [-0.4, -0.2) is 16.9 Å². The monoisotopic (exact) mass is 183 g/mol. The molecule has 0 atom stereocenters. The van der Waals surface area contributed by atoms with Crippen LogP contribution >= 0.6 is 0 Å². The summed E-state index contributed by atoms with van der Waals surface area (Å²) in [4.78, 5) is 11.5. The summed E-state index contributed by atoms with van der Waals surface area (Å²) in [5, 5.41) is 3.91. The lowest BCUT2D eigenvalue weighted by atomic mass is 10.4. The fourth-order valence-electron chi connectivity index (χ4n) is 0.996. The van der Waals surface area contributed by atoms with Crippen molar-refractivity contribution in [2.75, 3.05) is 12.8 Å². The zero-order valence-electron chi connectivity index (χ0n) is 7.94. The molecule has 1 aromatic rings. The molecular formula is C8H13N3O2. The first-order chi connectivity index (χ1) is 6.07. The zero-order valence-corrected chi connectivity index (χ0v) is 7.94. The average Bonchev–Trinajstić information content (AvgIpc) is 2.09. The summed E-state index contributed by atoms with van der Waals surface area (Å²) in [5.41, 5.74) is 5.33. The van der Waals surface area contributed by atoms with Crippen molar-refractivity contribution in [2.24, 2.45) is 0 Å². The Balaban J connectivity index is 3.32. The number of ether oxygens (including phenoxy) is 1. The summed E-state index contributed by atoms with van der Waals surface area (Å²) in [7, 11) is 1.45. The molecular weight excluding hydrogens is 170 g/mol. The van der Waals surface area contributed by atoms with Crippen LogP contribution in [0, 0.1) is 0 Å². The summed E-state index contributed by atoms with van der Waals surface area (Å²) in [6.07, 6.45) is 1.44. The Kier molecular flexibility index (Phi) is 2.55. The van der Waals surface area contributed by atoms with Crippen LogP contribution in [0.1, 0.15) is 19.9 Å².